The van der Waals surface area contributed by atoms with E-state index in [9.17, 15) is 4.79 Å². The number of hydrogen-bond donors (Lipinski definition) is 2. The van der Waals surface area contributed by atoms with Crippen molar-refractivity contribution in [1.82, 2.24) is 10.3 Å². The fourth-order valence-corrected chi connectivity index (χ4v) is 1.63. The highest BCUT2D eigenvalue weighted by Crippen LogP contribution is 2.28. The van der Waals surface area contributed by atoms with Gasteiger partial charge < -0.3 is 10.6 Å². The number of carbonyl (C=O) groups excluding carboxylic acids is 1. The molecule has 0 bridgehead atoms. The van der Waals surface area contributed by atoms with E-state index in [0.29, 0.717) is 23.9 Å². The molecule has 5 nitrogen and oxygen atoms in total. The van der Waals surface area contributed by atoms with Crippen LogP contribution in [0.1, 0.15) is 18.5 Å². The van der Waals surface area contributed by atoms with Crippen molar-refractivity contribution in [1.29, 1.82) is 5.26 Å². The Balaban J connectivity index is 1.76. The number of rotatable bonds is 5. The summed E-state index contributed by atoms with van der Waals surface area (Å²) in [4.78, 5) is 15.4. The van der Waals surface area contributed by atoms with Crippen LogP contribution in [-0.4, -0.2) is 24.0 Å². The van der Waals surface area contributed by atoms with Gasteiger partial charge in [-0.2, -0.15) is 5.26 Å². The minimum Gasteiger partial charge on any atom is -0.368 e. The smallest absolute Gasteiger partial charge is 0.223 e. The van der Waals surface area contributed by atoms with Crippen molar-refractivity contribution in [2.24, 2.45) is 5.92 Å². The van der Waals surface area contributed by atoms with E-state index in [4.69, 9.17) is 16.9 Å². The molecule has 6 heteroatoms. The van der Waals surface area contributed by atoms with Gasteiger partial charge in [0.25, 0.3) is 0 Å². The Morgan fingerprint density at radius 2 is 2.28 bits per heavy atom. The number of carbonyl (C=O) groups is 1. The highest BCUT2D eigenvalue weighted by atomic mass is 35.5. The summed E-state index contributed by atoms with van der Waals surface area (Å²) in [7, 11) is 0. The third-order valence-corrected chi connectivity index (χ3v) is 2.94. The van der Waals surface area contributed by atoms with Crippen LogP contribution in [0.3, 0.4) is 0 Å². The molecule has 1 fully saturated rings. The summed E-state index contributed by atoms with van der Waals surface area (Å²) in [5, 5.41) is 15.0. The number of amides is 1. The monoisotopic (exact) mass is 264 g/mol. The molecule has 0 spiro atoms. The first-order chi connectivity index (χ1) is 8.70. The van der Waals surface area contributed by atoms with Crippen LogP contribution in [0, 0.1) is 17.2 Å². The summed E-state index contributed by atoms with van der Waals surface area (Å²) in [5.41, 5.74) is 0.198. The maximum Gasteiger partial charge on any atom is 0.223 e. The van der Waals surface area contributed by atoms with E-state index in [1.165, 1.54) is 0 Å². The lowest BCUT2D eigenvalue weighted by Gasteiger charge is -2.07. The van der Waals surface area contributed by atoms with Crippen molar-refractivity contribution in [2.75, 3.05) is 18.4 Å². The highest BCUT2D eigenvalue weighted by Gasteiger charge is 2.28. The molecule has 0 radical (unpaired) electrons. The zero-order chi connectivity index (χ0) is 13.0. The Kier molecular flexibility index (Phi) is 4.00. The van der Waals surface area contributed by atoms with E-state index in [-0.39, 0.29) is 17.5 Å². The molecule has 0 aliphatic heterocycles. The summed E-state index contributed by atoms with van der Waals surface area (Å²) in [6.07, 6.45) is 2.01. The van der Waals surface area contributed by atoms with Gasteiger partial charge in [-0.15, -0.1) is 0 Å². The van der Waals surface area contributed by atoms with Gasteiger partial charge in [-0.3, -0.25) is 4.79 Å². The van der Waals surface area contributed by atoms with Gasteiger partial charge in [-0.25, -0.2) is 4.98 Å². The third-order valence-electron chi connectivity index (χ3n) is 2.63. The molecule has 94 valence electrons. The van der Waals surface area contributed by atoms with Gasteiger partial charge in [0.1, 0.15) is 11.9 Å². The van der Waals surface area contributed by atoms with Crippen LogP contribution in [-0.2, 0) is 4.79 Å². The minimum atomic E-state index is 0.124. The Morgan fingerprint density at radius 3 is 2.94 bits per heavy atom. The Hall–Kier alpha value is -1.80. The summed E-state index contributed by atoms with van der Waals surface area (Å²) in [6.45, 7) is 1.11. The number of nitrogens with one attached hydrogen (secondary N) is 2. The van der Waals surface area contributed by atoms with Gasteiger partial charge >= 0.3 is 0 Å². The molecule has 1 aliphatic carbocycles. The van der Waals surface area contributed by atoms with Crippen LogP contribution in [0.5, 0.6) is 0 Å². The second-order valence-electron chi connectivity index (χ2n) is 4.13. The molecule has 1 aromatic heterocycles. The second kappa shape index (κ2) is 5.69. The molecule has 0 unspecified atom stereocenters. The fraction of sp³-hybridized carbons (Fsp3) is 0.417. The van der Waals surface area contributed by atoms with Crippen molar-refractivity contribution < 1.29 is 4.79 Å². The quantitative estimate of drug-likeness (QED) is 0.791. The molecule has 1 aromatic rings. The van der Waals surface area contributed by atoms with Crippen molar-refractivity contribution in [3.05, 3.63) is 22.8 Å². The molecule has 1 aliphatic rings. The normalized spacial score (nSPS) is 13.8. The average molecular weight is 265 g/mol. The topological polar surface area (TPSA) is 77.8 Å². The zero-order valence-electron chi connectivity index (χ0n) is 9.74. The van der Waals surface area contributed by atoms with E-state index >= 15 is 0 Å². The van der Waals surface area contributed by atoms with Gasteiger partial charge in [0.05, 0.1) is 5.02 Å². The standard InChI is InChI=1S/C12H13ClN4O/c13-9-3-4-11(17-10(9)7-14)15-5-6-16-12(18)8-1-2-8/h3-4,8H,1-2,5-6H2,(H,15,17)(H,16,18). The van der Waals surface area contributed by atoms with Crippen molar-refractivity contribution >= 4 is 23.3 Å². The second-order valence-corrected chi connectivity index (χ2v) is 4.54. The molecule has 0 saturated heterocycles. The van der Waals surface area contributed by atoms with E-state index in [2.05, 4.69) is 15.6 Å². The van der Waals surface area contributed by atoms with Crippen molar-refractivity contribution in [3.8, 4) is 6.07 Å². The number of nitrogens with zero attached hydrogens (tertiary/aromatic N) is 2. The SMILES string of the molecule is N#Cc1nc(NCCNC(=O)C2CC2)ccc1Cl. The molecule has 1 heterocycles. The first kappa shape index (κ1) is 12.7. The van der Waals surface area contributed by atoms with Crippen LogP contribution in [0.25, 0.3) is 0 Å². The number of pyridine rings is 1. The van der Waals surface area contributed by atoms with Crippen molar-refractivity contribution in [3.63, 3.8) is 0 Å². The first-order valence-corrected chi connectivity index (χ1v) is 6.16. The van der Waals surface area contributed by atoms with Crippen molar-refractivity contribution in [2.45, 2.75) is 12.8 Å². The van der Waals surface area contributed by atoms with E-state index in [1.54, 1.807) is 12.1 Å². The van der Waals surface area contributed by atoms with Gasteiger partial charge in [0.15, 0.2) is 5.69 Å². The molecule has 0 aromatic carbocycles. The lowest BCUT2D eigenvalue weighted by molar-refractivity contribution is -0.122. The van der Waals surface area contributed by atoms with E-state index in [0.717, 1.165) is 12.8 Å². The predicted molar refractivity (Wildman–Crippen MR) is 68.2 cm³/mol. The zero-order valence-corrected chi connectivity index (χ0v) is 10.5. The maximum atomic E-state index is 11.3. The van der Waals surface area contributed by atoms with Gasteiger partial charge in [-0.1, -0.05) is 11.6 Å². The molecule has 1 amide bonds. The van der Waals surface area contributed by atoms with Gasteiger partial charge in [-0.05, 0) is 25.0 Å². The third kappa shape index (κ3) is 3.34. The predicted octanol–water partition coefficient (Wildman–Crippen LogP) is 1.54. The Labute approximate surface area is 110 Å². The first-order valence-electron chi connectivity index (χ1n) is 5.79. The van der Waals surface area contributed by atoms with Crippen LogP contribution >= 0.6 is 11.6 Å². The number of halogens is 1. The maximum absolute atomic E-state index is 11.3. The lowest BCUT2D eigenvalue weighted by Crippen LogP contribution is -2.29. The van der Waals surface area contributed by atoms with E-state index < -0.39 is 0 Å². The highest BCUT2D eigenvalue weighted by molar-refractivity contribution is 6.31. The number of aromatic nitrogens is 1. The van der Waals surface area contributed by atoms with Crippen LogP contribution in [0.15, 0.2) is 12.1 Å². The largest absolute Gasteiger partial charge is 0.368 e. The molecular weight excluding hydrogens is 252 g/mol. The average Bonchev–Trinajstić information content (AvgIpc) is 3.20. The summed E-state index contributed by atoms with van der Waals surface area (Å²) < 4.78 is 0. The van der Waals surface area contributed by atoms with Gasteiger partial charge in [0, 0.05) is 19.0 Å². The molecule has 2 N–H and O–H groups in total. The van der Waals surface area contributed by atoms with Gasteiger partial charge in [0.2, 0.25) is 5.91 Å². The molecule has 0 atom stereocenters. The minimum absolute atomic E-state index is 0.124. The Morgan fingerprint density at radius 1 is 1.50 bits per heavy atom. The fourth-order valence-electron chi connectivity index (χ4n) is 1.49. The molecule has 2 rings (SSSR count). The lowest BCUT2D eigenvalue weighted by atomic mass is 10.3. The summed E-state index contributed by atoms with van der Waals surface area (Å²) in [6, 6.07) is 5.24. The van der Waals surface area contributed by atoms with Crippen LogP contribution in [0.2, 0.25) is 5.02 Å². The van der Waals surface area contributed by atoms with Crippen LogP contribution in [0.4, 0.5) is 5.82 Å². The molecular formula is C12H13ClN4O. The summed E-state index contributed by atoms with van der Waals surface area (Å²) >= 11 is 5.77. The Bertz CT molecular complexity index is 493. The number of anilines is 1. The molecule has 1 saturated carbocycles. The number of nitriles is 1. The van der Waals surface area contributed by atoms with E-state index in [1.807, 2.05) is 6.07 Å². The molecule has 18 heavy (non-hydrogen) atoms. The number of hydrogen-bond acceptors (Lipinski definition) is 4. The van der Waals surface area contributed by atoms with Crippen LogP contribution < -0.4 is 10.6 Å². The summed E-state index contributed by atoms with van der Waals surface area (Å²) in [5.74, 6) is 0.930.